The van der Waals surface area contributed by atoms with Crippen molar-refractivity contribution in [3.8, 4) is 0 Å². The first-order valence-electron chi connectivity index (χ1n) is 3.44. The Kier molecular flexibility index (Phi) is 2.50. The Morgan fingerprint density at radius 1 is 1.58 bits per heavy atom. The van der Waals surface area contributed by atoms with E-state index < -0.39 is 18.2 Å². The normalized spacial score (nSPS) is 34.5. The second-order valence-electron chi connectivity index (χ2n) is 2.56. The number of aliphatic hydroxyl groups is 2. The molecule has 0 aromatic heterocycles. The largest absolute Gasteiger partial charge is 0.389 e. The maximum absolute atomic E-state index is 9.31. The van der Waals surface area contributed by atoms with Gasteiger partial charge in [-0.15, -0.1) is 0 Å². The van der Waals surface area contributed by atoms with Gasteiger partial charge < -0.3 is 10.2 Å². The molecule has 3 atom stereocenters. The van der Waals surface area contributed by atoms with E-state index in [1.807, 2.05) is 0 Å². The molecule has 12 heavy (non-hydrogen) atoms. The van der Waals surface area contributed by atoms with Crippen LogP contribution in [-0.2, 0) is 0 Å². The molecule has 1 unspecified atom stereocenters. The first-order chi connectivity index (χ1) is 5.66. The van der Waals surface area contributed by atoms with Gasteiger partial charge in [-0.05, 0) is 11.1 Å². The lowest BCUT2D eigenvalue weighted by Crippen LogP contribution is -2.38. The van der Waals surface area contributed by atoms with E-state index in [2.05, 4.69) is 16.6 Å². The van der Waals surface area contributed by atoms with Crippen LogP contribution in [0.2, 0.25) is 0 Å². The molecule has 0 aromatic rings. The second-order valence-corrected chi connectivity index (χ2v) is 2.56. The maximum atomic E-state index is 9.31. The van der Waals surface area contributed by atoms with Gasteiger partial charge in [0.1, 0.15) is 6.10 Å². The standard InChI is InChI=1S/C7H9N3O2/c1-4-2-3-5(9-10-8)7(12)6(4)11/h2-3,5-7,11-12H,1H2/t5?,6-,7+/m1/s1. The highest BCUT2D eigenvalue weighted by molar-refractivity contribution is 5.28. The van der Waals surface area contributed by atoms with Crippen LogP contribution in [0.5, 0.6) is 0 Å². The van der Waals surface area contributed by atoms with Crippen LogP contribution in [0.15, 0.2) is 29.4 Å². The van der Waals surface area contributed by atoms with Gasteiger partial charge in [-0.25, -0.2) is 0 Å². The summed E-state index contributed by atoms with van der Waals surface area (Å²) in [5.41, 5.74) is 8.52. The quantitative estimate of drug-likeness (QED) is 0.338. The fourth-order valence-corrected chi connectivity index (χ4v) is 1.01. The summed E-state index contributed by atoms with van der Waals surface area (Å²) < 4.78 is 0. The van der Waals surface area contributed by atoms with Gasteiger partial charge in [0.05, 0.1) is 12.1 Å². The van der Waals surface area contributed by atoms with Crippen LogP contribution in [-0.4, -0.2) is 28.5 Å². The van der Waals surface area contributed by atoms with E-state index in [1.54, 1.807) is 0 Å². The Hall–Kier alpha value is -1.29. The van der Waals surface area contributed by atoms with Crippen molar-refractivity contribution in [2.45, 2.75) is 18.2 Å². The minimum atomic E-state index is -1.08. The Bertz CT molecular complexity index is 268. The molecule has 0 saturated carbocycles. The van der Waals surface area contributed by atoms with Crippen LogP contribution in [0.1, 0.15) is 0 Å². The van der Waals surface area contributed by atoms with E-state index in [4.69, 9.17) is 5.53 Å². The average molecular weight is 167 g/mol. The summed E-state index contributed by atoms with van der Waals surface area (Å²) in [6.07, 6.45) is 0.930. The molecule has 5 nitrogen and oxygen atoms in total. The molecule has 1 rings (SSSR count). The lowest BCUT2D eigenvalue weighted by molar-refractivity contribution is 0.0329. The van der Waals surface area contributed by atoms with E-state index in [9.17, 15) is 10.2 Å². The van der Waals surface area contributed by atoms with Gasteiger partial charge in [0.25, 0.3) is 0 Å². The molecule has 0 spiro atoms. The number of nitrogens with zero attached hydrogens (tertiary/aromatic N) is 3. The van der Waals surface area contributed by atoms with Crippen molar-refractivity contribution in [1.29, 1.82) is 0 Å². The van der Waals surface area contributed by atoms with E-state index in [0.29, 0.717) is 5.57 Å². The average Bonchev–Trinajstić information content (AvgIpc) is 2.07. The van der Waals surface area contributed by atoms with Crippen molar-refractivity contribution in [3.05, 3.63) is 34.7 Å². The zero-order valence-electron chi connectivity index (χ0n) is 6.33. The molecule has 0 aliphatic heterocycles. The van der Waals surface area contributed by atoms with Crippen molar-refractivity contribution in [3.63, 3.8) is 0 Å². The number of rotatable bonds is 1. The highest BCUT2D eigenvalue weighted by Gasteiger charge is 2.28. The summed E-state index contributed by atoms with van der Waals surface area (Å²) in [6, 6.07) is -0.699. The second kappa shape index (κ2) is 3.40. The summed E-state index contributed by atoms with van der Waals surface area (Å²) in [5.74, 6) is 0. The molecule has 0 radical (unpaired) electrons. The topological polar surface area (TPSA) is 89.2 Å². The van der Waals surface area contributed by atoms with Crippen LogP contribution in [0.4, 0.5) is 0 Å². The lowest BCUT2D eigenvalue weighted by atomic mass is 9.94. The fourth-order valence-electron chi connectivity index (χ4n) is 1.01. The Balaban J connectivity index is 2.87. The molecule has 1 aliphatic carbocycles. The number of hydrogen-bond donors (Lipinski definition) is 2. The molecule has 0 aromatic carbocycles. The SMILES string of the molecule is C=C1C=CC(N=[N+]=[N-])[C@H](O)[C@@H]1O. The molecule has 0 saturated heterocycles. The zero-order valence-corrected chi connectivity index (χ0v) is 6.33. The summed E-state index contributed by atoms with van der Waals surface area (Å²) in [4.78, 5) is 2.54. The van der Waals surface area contributed by atoms with Gasteiger partial charge in [-0.2, -0.15) is 0 Å². The highest BCUT2D eigenvalue weighted by Crippen LogP contribution is 2.18. The molecule has 2 N–H and O–H groups in total. The molecule has 1 aliphatic rings. The zero-order chi connectivity index (χ0) is 9.14. The third-order valence-corrected chi connectivity index (χ3v) is 1.75. The molecule has 0 heterocycles. The summed E-state index contributed by atoms with van der Waals surface area (Å²) >= 11 is 0. The number of hydrogen-bond acceptors (Lipinski definition) is 3. The predicted molar refractivity (Wildman–Crippen MR) is 43.2 cm³/mol. The van der Waals surface area contributed by atoms with Crippen molar-refractivity contribution < 1.29 is 10.2 Å². The van der Waals surface area contributed by atoms with Gasteiger partial charge in [0.2, 0.25) is 0 Å². The minimum Gasteiger partial charge on any atom is -0.389 e. The Morgan fingerprint density at radius 2 is 2.25 bits per heavy atom. The molecule has 0 fully saturated rings. The summed E-state index contributed by atoms with van der Waals surface area (Å²) in [6.45, 7) is 3.51. The maximum Gasteiger partial charge on any atom is 0.105 e. The molecular formula is C7H9N3O2. The van der Waals surface area contributed by atoms with E-state index >= 15 is 0 Å². The molecule has 5 heteroatoms. The van der Waals surface area contributed by atoms with Gasteiger partial charge in [-0.1, -0.05) is 23.8 Å². The molecular weight excluding hydrogens is 158 g/mol. The summed E-state index contributed by atoms with van der Waals surface area (Å²) in [5, 5.41) is 21.9. The highest BCUT2D eigenvalue weighted by atomic mass is 16.3. The van der Waals surface area contributed by atoms with Crippen molar-refractivity contribution in [2.24, 2.45) is 5.11 Å². The van der Waals surface area contributed by atoms with Crippen LogP contribution >= 0.6 is 0 Å². The predicted octanol–water partition coefficient (Wildman–Crippen LogP) is 0.513. The lowest BCUT2D eigenvalue weighted by Gasteiger charge is -2.25. The van der Waals surface area contributed by atoms with Gasteiger partial charge in [-0.3, -0.25) is 0 Å². The van der Waals surface area contributed by atoms with Gasteiger partial charge >= 0.3 is 0 Å². The molecule has 0 bridgehead atoms. The number of azide groups is 1. The molecule has 0 amide bonds. The van der Waals surface area contributed by atoms with Crippen molar-refractivity contribution in [1.82, 2.24) is 0 Å². The number of aliphatic hydroxyl groups excluding tert-OH is 2. The minimum absolute atomic E-state index is 0.423. The smallest absolute Gasteiger partial charge is 0.105 e. The summed E-state index contributed by atoms with van der Waals surface area (Å²) in [7, 11) is 0. The monoisotopic (exact) mass is 167 g/mol. The van der Waals surface area contributed by atoms with Gasteiger partial charge in [0.15, 0.2) is 0 Å². The van der Waals surface area contributed by atoms with E-state index in [-0.39, 0.29) is 0 Å². The van der Waals surface area contributed by atoms with Crippen molar-refractivity contribution in [2.75, 3.05) is 0 Å². The Labute approximate surface area is 69.3 Å². The van der Waals surface area contributed by atoms with Crippen LogP contribution in [0, 0.1) is 0 Å². The van der Waals surface area contributed by atoms with Crippen LogP contribution < -0.4 is 0 Å². The van der Waals surface area contributed by atoms with Gasteiger partial charge in [0, 0.05) is 4.91 Å². The third kappa shape index (κ3) is 1.48. The van der Waals surface area contributed by atoms with E-state index in [0.717, 1.165) is 0 Å². The van der Waals surface area contributed by atoms with E-state index in [1.165, 1.54) is 12.2 Å². The third-order valence-electron chi connectivity index (χ3n) is 1.75. The Morgan fingerprint density at radius 3 is 2.83 bits per heavy atom. The fraction of sp³-hybridized carbons (Fsp3) is 0.429. The van der Waals surface area contributed by atoms with Crippen LogP contribution in [0.25, 0.3) is 10.4 Å². The van der Waals surface area contributed by atoms with Crippen LogP contribution in [0.3, 0.4) is 0 Å². The first kappa shape index (κ1) is 8.80. The molecule has 64 valence electrons. The first-order valence-corrected chi connectivity index (χ1v) is 3.44. The van der Waals surface area contributed by atoms with Crippen molar-refractivity contribution >= 4 is 0 Å².